The molecular formula is C26H24N2O3. The first-order chi connectivity index (χ1) is 15.3. The maximum Gasteiger partial charge on any atom is 0.213 e. The number of para-hydroxylation sites is 1. The summed E-state index contributed by atoms with van der Waals surface area (Å²) in [5.41, 5.74) is 5.72. The summed E-state index contributed by atoms with van der Waals surface area (Å²) in [5.74, 6) is 2.53. The average Bonchev–Trinajstić information content (AvgIpc) is 3.29. The summed E-state index contributed by atoms with van der Waals surface area (Å²) >= 11 is 0. The monoisotopic (exact) mass is 412 g/mol. The van der Waals surface area contributed by atoms with Crippen molar-refractivity contribution in [3.8, 4) is 17.2 Å². The third-order valence-corrected chi connectivity index (χ3v) is 6.25. The molecule has 3 aliphatic rings. The Labute approximate surface area is 181 Å². The molecule has 156 valence electrons. The fourth-order valence-electron chi connectivity index (χ4n) is 4.57. The lowest BCUT2D eigenvalue weighted by Crippen LogP contribution is -2.33. The Morgan fingerprint density at radius 2 is 1.71 bits per heavy atom. The van der Waals surface area contributed by atoms with Crippen LogP contribution in [0.25, 0.3) is 0 Å². The largest absolute Gasteiger partial charge is 0.486 e. The van der Waals surface area contributed by atoms with E-state index < -0.39 is 0 Å². The second-order valence-electron chi connectivity index (χ2n) is 8.11. The van der Waals surface area contributed by atoms with Gasteiger partial charge in [0, 0.05) is 23.1 Å². The van der Waals surface area contributed by atoms with Gasteiger partial charge in [-0.2, -0.15) is 5.10 Å². The molecule has 5 heteroatoms. The Hall–Kier alpha value is -3.47. The number of hydrogen-bond donors (Lipinski definition) is 0. The summed E-state index contributed by atoms with van der Waals surface area (Å²) in [6, 6.07) is 23.2. The summed E-state index contributed by atoms with van der Waals surface area (Å²) in [5, 5.41) is 7.18. The predicted octanol–water partition coefficient (Wildman–Crippen LogP) is 5.26. The fourth-order valence-corrected chi connectivity index (χ4v) is 4.57. The van der Waals surface area contributed by atoms with Gasteiger partial charge in [0.15, 0.2) is 11.5 Å². The summed E-state index contributed by atoms with van der Waals surface area (Å²) in [7, 11) is 0. The topological polar surface area (TPSA) is 43.3 Å². The molecule has 3 heterocycles. The molecule has 0 saturated heterocycles. The van der Waals surface area contributed by atoms with Gasteiger partial charge in [-0.3, -0.25) is 0 Å². The maximum absolute atomic E-state index is 6.45. The van der Waals surface area contributed by atoms with Gasteiger partial charge in [-0.05, 0) is 36.2 Å². The number of hydrogen-bond acceptors (Lipinski definition) is 5. The van der Waals surface area contributed by atoms with Crippen LogP contribution in [0.4, 0.5) is 0 Å². The van der Waals surface area contributed by atoms with E-state index in [4.69, 9.17) is 19.3 Å². The first kappa shape index (κ1) is 18.3. The molecule has 0 radical (unpaired) electrons. The number of rotatable bonds is 3. The zero-order chi connectivity index (χ0) is 20.8. The van der Waals surface area contributed by atoms with Crippen LogP contribution in [0.1, 0.15) is 47.9 Å². The van der Waals surface area contributed by atoms with Crippen LogP contribution in [0.15, 0.2) is 71.8 Å². The lowest BCUT2D eigenvalue weighted by molar-refractivity contribution is -0.0190. The standard InChI is InChI=1S/C26H24N2O3/c1-2-17-7-9-18(10-8-17)26-28-22(20-5-3-4-6-23(20)31-26)16-21(27-28)19-11-12-24-25(15-19)30-14-13-29-24/h3-12,15,22,26H,2,13-14,16H2,1H3. The zero-order valence-corrected chi connectivity index (χ0v) is 17.5. The minimum Gasteiger partial charge on any atom is -0.486 e. The molecule has 0 bridgehead atoms. The highest BCUT2D eigenvalue weighted by Crippen LogP contribution is 2.47. The van der Waals surface area contributed by atoms with E-state index in [2.05, 4.69) is 60.5 Å². The Morgan fingerprint density at radius 3 is 2.55 bits per heavy atom. The molecule has 5 nitrogen and oxygen atoms in total. The predicted molar refractivity (Wildman–Crippen MR) is 119 cm³/mol. The van der Waals surface area contributed by atoms with Crippen molar-refractivity contribution >= 4 is 5.71 Å². The lowest BCUT2D eigenvalue weighted by atomic mass is 9.95. The van der Waals surface area contributed by atoms with Gasteiger partial charge in [0.05, 0.1) is 11.8 Å². The molecule has 3 aliphatic heterocycles. The second kappa shape index (κ2) is 7.34. The Kier molecular flexibility index (Phi) is 4.34. The Balaban J connectivity index is 1.40. The molecule has 2 atom stereocenters. The number of fused-ring (bicyclic) bond motifs is 4. The average molecular weight is 412 g/mol. The number of benzene rings is 3. The van der Waals surface area contributed by atoms with Gasteiger partial charge in [0.2, 0.25) is 6.23 Å². The van der Waals surface area contributed by atoms with Crippen LogP contribution in [0.2, 0.25) is 0 Å². The van der Waals surface area contributed by atoms with Crippen LogP contribution < -0.4 is 14.2 Å². The second-order valence-corrected chi connectivity index (χ2v) is 8.11. The number of aryl methyl sites for hydroxylation is 1. The van der Waals surface area contributed by atoms with Crippen molar-refractivity contribution in [3.63, 3.8) is 0 Å². The van der Waals surface area contributed by atoms with Crippen molar-refractivity contribution in [2.45, 2.75) is 32.0 Å². The van der Waals surface area contributed by atoms with E-state index >= 15 is 0 Å². The molecule has 0 spiro atoms. The quantitative estimate of drug-likeness (QED) is 0.588. The molecule has 3 aromatic carbocycles. The maximum atomic E-state index is 6.45. The normalized spacial score (nSPS) is 21.1. The zero-order valence-electron chi connectivity index (χ0n) is 17.5. The van der Waals surface area contributed by atoms with Crippen LogP contribution in [0.5, 0.6) is 17.2 Å². The molecule has 0 aromatic heterocycles. The summed E-state index contributed by atoms with van der Waals surface area (Å²) in [4.78, 5) is 0. The van der Waals surface area contributed by atoms with Crippen molar-refractivity contribution in [1.29, 1.82) is 0 Å². The summed E-state index contributed by atoms with van der Waals surface area (Å²) in [6.07, 6.45) is 1.59. The van der Waals surface area contributed by atoms with Gasteiger partial charge < -0.3 is 14.2 Å². The minimum atomic E-state index is -0.250. The molecule has 2 unspecified atom stereocenters. The smallest absolute Gasteiger partial charge is 0.213 e. The van der Waals surface area contributed by atoms with Crippen molar-refractivity contribution in [2.24, 2.45) is 5.10 Å². The molecule has 0 fully saturated rings. The van der Waals surface area contributed by atoms with Crippen LogP contribution in [-0.4, -0.2) is 23.9 Å². The van der Waals surface area contributed by atoms with E-state index in [1.165, 1.54) is 11.1 Å². The van der Waals surface area contributed by atoms with Crippen molar-refractivity contribution in [1.82, 2.24) is 5.01 Å². The Bertz CT molecular complexity index is 1160. The first-order valence-corrected chi connectivity index (χ1v) is 10.9. The number of hydrazone groups is 1. The summed E-state index contributed by atoms with van der Waals surface area (Å²) < 4.78 is 17.9. The number of nitrogens with zero attached hydrogens (tertiary/aromatic N) is 2. The van der Waals surface area contributed by atoms with Crippen LogP contribution in [-0.2, 0) is 6.42 Å². The molecule has 3 aromatic rings. The van der Waals surface area contributed by atoms with Gasteiger partial charge in [-0.1, -0.05) is 49.4 Å². The van der Waals surface area contributed by atoms with Crippen LogP contribution >= 0.6 is 0 Å². The van der Waals surface area contributed by atoms with E-state index in [-0.39, 0.29) is 12.3 Å². The highest BCUT2D eigenvalue weighted by Gasteiger charge is 2.41. The van der Waals surface area contributed by atoms with Crippen molar-refractivity contribution < 1.29 is 14.2 Å². The molecular weight excluding hydrogens is 388 g/mol. The molecule has 0 N–H and O–H groups in total. The fraction of sp³-hybridized carbons (Fsp3) is 0.269. The van der Waals surface area contributed by atoms with E-state index in [1.807, 2.05) is 18.2 Å². The van der Waals surface area contributed by atoms with Gasteiger partial charge in [-0.15, -0.1) is 0 Å². The van der Waals surface area contributed by atoms with E-state index in [0.717, 1.165) is 46.9 Å². The highest BCUT2D eigenvalue weighted by atomic mass is 16.6. The first-order valence-electron chi connectivity index (χ1n) is 10.9. The molecule has 0 saturated carbocycles. The van der Waals surface area contributed by atoms with E-state index in [1.54, 1.807) is 0 Å². The van der Waals surface area contributed by atoms with Gasteiger partial charge in [0.25, 0.3) is 0 Å². The SMILES string of the molecule is CCc1ccc(C2Oc3ccccc3C3CC(c4ccc5c(c4)OCCO5)=NN32)cc1. The van der Waals surface area contributed by atoms with Gasteiger partial charge >= 0.3 is 0 Å². The van der Waals surface area contributed by atoms with Gasteiger partial charge in [-0.25, -0.2) is 5.01 Å². The third kappa shape index (κ3) is 3.12. The van der Waals surface area contributed by atoms with E-state index in [9.17, 15) is 0 Å². The molecule has 0 aliphatic carbocycles. The van der Waals surface area contributed by atoms with E-state index in [0.29, 0.717) is 13.2 Å². The minimum absolute atomic E-state index is 0.143. The molecule has 0 amide bonds. The highest BCUT2D eigenvalue weighted by molar-refractivity contribution is 6.02. The molecule has 31 heavy (non-hydrogen) atoms. The van der Waals surface area contributed by atoms with Crippen molar-refractivity contribution in [3.05, 3.63) is 89.0 Å². The van der Waals surface area contributed by atoms with Crippen molar-refractivity contribution in [2.75, 3.05) is 13.2 Å². The van der Waals surface area contributed by atoms with Crippen LogP contribution in [0, 0.1) is 0 Å². The lowest BCUT2D eigenvalue weighted by Gasteiger charge is -2.38. The van der Waals surface area contributed by atoms with Crippen LogP contribution in [0.3, 0.4) is 0 Å². The Morgan fingerprint density at radius 1 is 0.903 bits per heavy atom. The number of ether oxygens (including phenoxy) is 3. The summed E-state index contributed by atoms with van der Waals surface area (Å²) in [6.45, 7) is 3.34. The van der Waals surface area contributed by atoms with Gasteiger partial charge in [0.1, 0.15) is 19.0 Å². The third-order valence-electron chi connectivity index (χ3n) is 6.25. The molecule has 6 rings (SSSR count).